The second kappa shape index (κ2) is 18.2. The molecule has 0 aliphatic rings. The van der Waals surface area contributed by atoms with Crippen LogP contribution in [0, 0.1) is 0 Å². The molecule has 3 aromatic rings. The Morgan fingerprint density at radius 1 is 0.778 bits per heavy atom. The first-order chi connectivity index (χ1) is 17.1. The molecule has 0 saturated carbocycles. The third-order valence-electron chi connectivity index (χ3n) is 5.32. The summed E-state index contributed by atoms with van der Waals surface area (Å²) in [7, 11) is 0. The standard InChI is InChI=1S/C17H16N2.C14H22O2.Ni/c1-2-9-17(19-16-12-7-4-8-13-16)14-18-15-10-5-3-6-11-15;1-3-5-6-8-12-11(7-4-2)9-10-13(15)14(12)16;/h2-14H,1H3;9-10,15-16H,3-8H2,1-2H3;/q;;+2/p-2. The van der Waals surface area contributed by atoms with Crippen molar-refractivity contribution in [3.8, 4) is 11.5 Å². The number of unbranched alkanes of at least 4 members (excludes halogenated alkanes) is 2. The van der Waals surface area contributed by atoms with E-state index in [9.17, 15) is 10.2 Å². The minimum Gasteiger partial charge on any atom is -0.873 e. The van der Waals surface area contributed by atoms with Crippen LogP contribution in [0.2, 0.25) is 0 Å². The zero-order chi connectivity index (χ0) is 25.3. The third-order valence-corrected chi connectivity index (χ3v) is 5.32. The van der Waals surface area contributed by atoms with Gasteiger partial charge in [-0.1, -0.05) is 93.3 Å². The average Bonchev–Trinajstić information content (AvgIpc) is 2.88. The summed E-state index contributed by atoms with van der Waals surface area (Å²) in [6.07, 6.45) is 11.6. The van der Waals surface area contributed by atoms with Crippen LogP contribution in [0.3, 0.4) is 0 Å². The van der Waals surface area contributed by atoms with E-state index < -0.39 is 0 Å². The maximum atomic E-state index is 11.7. The smallest absolute Gasteiger partial charge is 0.873 e. The van der Waals surface area contributed by atoms with Gasteiger partial charge in [-0.15, -0.1) is 11.5 Å². The molecular formula is C31H36N2NiO2. The second-order valence-electron chi connectivity index (χ2n) is 8.20. The number of allylic oxidation sites excluding steroid dienone is 2. The van der Waals surface area contributed by atoms with E-state index in [4.69, 9.17) is 0 Å². The predicted molar refractivity (Wildman–Crippen MR) is 146 cm³/mol. The van der Waals surface area contributed by atoms with Crippen molar-refractivity contribution in [2.45, 2.75) is 59.3 Å². The number of hydrogen-bond acceptors (Lipinski definition) is 4. The van der Waals surface area contributed by atoms with Crippen LogP contribution < -0.4 is 10.2 Å². The van der Waals surface area contributed by atoms with Gasteiger partial charge in [0.05, 0.1) is 23.3 Å². The molecule has 0 amide bonds. The molecular weight excluding hydrogens is 491 g/mol. The van der Waals surface area contributed by atoms with E-state index in [1.165, 1.54) is 6.07 Å². The van der Waals surface area contributed by atoms with Crippen molar-refractivity contribution in [1.82, 2.24) is 0 Å². The van der Waals surface area contributed by atoms with Gasteiger partial charge < -0.3 is 10.2 Å². The molecule has 0 aliphatic carbocycles. The van der Waals surface area contributed by atoms with Crippen LogP contribution in [0.15, 0.2) is 94.9 Å². The monoisotopic (exact) mass is 526 g/mol. The summed E-state index contributed by atoms with van der Waals surface area (Å²) in [6.45, 7) is 6.19. The maximum Gasteiger partial charge on any atom is 2.00 e. The zero-order valence-electron chi connectivity index (χ0n) is 21.4. The summed E-state index contributed by atoms with van der Waals surface area (Å²) in [5, 5.41) is 23.1. The first-order valence-electron chi connectivity index (χ1n) is 12.4. The van der Waals surface area contributed by atoms with Gasteiger partial charge in [0, 0.05) is 0 Å². The molecule has 0 bridgehead atoms. The van der Waals surface area contributed by atoms with Crippen molar-refractivity contribution in [2.75, 3.05) is 0 Å². The molecule has 0 radical (unpaired) electrons. The van der Waals surface area contributed by atoms with Crippen molar-refractivity contribution in [3.05, 3.63) is 96.1 Å². The minimum absolute atomic E-state index is 0. The number of aryl methyl sites for hydroxylation is 1. The van der Waals surface area contributed by atoms with Gasteiger partial charge in [0.25, 0.3) is 0 Å². The Kier molecular flexibility index (Phi) is 15.6. The summed E-state index contributed by atoms with van der Waals surface area (Å²) >= 11 is 0. The Morgan fingerprint density at radius 2 is 1.42 bits per heavy atom. The van der Waals surface area contributed by atoms with Gasteiger partial charge in [-0.2, -0.15) is 0 Å². The fraction of sp³-hybridized carbons (Fsp3) is 0.290. The van der Waals surface area contributed by atoms with Crippen molar-refractivity contribution >= 4 is 23.3 Å². The van der Waals surface area contributed by atoms with E-state index in [1.54, 1.807) is 6.21 Å². The Bertz CT molecular complexity index is 1090. The Balaban J connectivity index is 0.000000356. The number of rotatable bonds is 10. The quantitative estimate of drug-likeness (QED) is 0.158. The average molecular weight is 527 g/mol. The molecule has 192 valence electrons. The zero-order valence-corrected chi connectivity index (χ0v) is 22.4. The van der Waals surface area contributed by atoms with Gasteiger partial charge in [0.2, 0.25) is 0 Å². The molecule has 0 saturated heterocycles. The Labute approximate surface area is 226 Å². The van der Waals surface area contributed by atoms with Gasteiger partial charge in [-0.3, -0.25) is 4.99 Å². The van der Waals surface area contributed by atoms with Crippen LogP contribution >= 0.6 is 0 Å². The van der Waals surface area contributed by atoms with Gasteiger partial charge in [0.1, 0.15) is 0 Å². The molecule has 5 heteroatoms. The fourth-order valence-corrected chi connectivity index (χ4v) is 3.56. The summed E-state index contributed by atoms with van der Waals surface area (Å²) < 4.78 is 0. The molecule has 0 fully saturated rings. The van der Waals surface area contributed by atoms with Crippen LogP contribution in [0.1, 0.15) is 57.6 Å². The number of nitrogens with zero attached hydrogens (tertiary/aromatic N) is 2. The van der Waals surface area contributed by atoms with E-state index in [0.717, 1.165) is 66.7 Å². The van der Waals surface area contributed by atoms with Crippen molar-refractivity contribution in [3.63, 3.8) is 0 Å². The Hall–Kier alpha value is -3.17. The van der Waals surface area contributed by atoms with Crippen LogP contribution in [0.4, 0.5) is 11.4 Å². The number of hydrogen-bond donors (Lipinski definition) is 0. The van der Waals surface area contributed by atoms with E-state index in [-0.39, 0.29) is 28.0 Å². The summed E-state index contributed by atoms with van der Waals surface area (Å²) in [5.41, 5.74) is 4.52. The van der Waals surface area contributed by atoms with Crippen molar-refractivity contribution in [2.24, 2.45) is 9.98 Å². The largest absolute Gasteiger partial charge is 2.00 e. The molecule has 0 aromatic heterocycles. The molecule has 3 rings (SSSR count). The van der Waals surface area contributed by atoms with Gasteiger partial charge >= 0.3 is 16.5 Å². The molecule has 0 atom stereocenters. The van der Waals surface area contributed by atoms with Crippen LogP contribution in [0.25, 0.3) is 0 Å². The van der Waals surface area contributed by atoms with Crippen LogP contribution in [0.5, 0.6) is 11.5 Å². The maximum absolute atomic E-state index is 11.7. The van der Waals surface area contributed by atoms with Crippen LogP contribution in [-0.2, 0) is 29.3 Å². The minimum atomic E-state index is -0.355. The van der Waals surface area contributed by atoms with Gasteiger partial charge in [0.15, 0.2) is 0 Å². The summed E-state index contributed by atoms with van der Waals surface area (Å²) in [6, 6.07) is 23.0. The molecule has 36 heavy (non-hydrogen) atoms. The molecule has 0 spiro atoms. The number of benzene rings is 3. The second-order valence-corrected chi connectivity index (χ2v) is 8.20. The molecule has 0 N–H and O–H groups in total. The summed E-state index contributed by atoms with van der Waals surface area (Å²) in [4.78, 5) is 8.96. The molecule has 0 aliphatic heterocycles. The molecule has 3 aromatic carbocycles. The van der Waals surface area contributed by atoms with E-state index in [1.807, 2.05) is 85.8 Å². The first-order valence-corrected chi connectivity index (χ1v) is 12.4. The first kappa shape index (κ1) is 30.9. The third kappa shape index (κ3) is 11.1. The van der Waals surface area contributed by atoms with E-state index in [2.05, 4.69) is 23.8 Å². The van der Waals surface area contributed by atoms with Crippen molar-refractivity contribution < 1.29 is 26.7 Å². The van der Waals surface area contributed by atoms with Crippen molar-refractivity contribution in [1.29, 1.82) is 0 Å². The topological polar surface area (TPSA) is 70.8 Å². The molecule has 0 unspecified atom stereocenters. The van der Waals surface area contributed by atoms with Crippen LogP contribution in [-0.4, -0.2) is 11.9 Å². The van der Waals surface area contributed by atoms with E-state index >= 15 is 0 Å². The fourth-order valence-electron chi connectivity index (χ4n) is 3.56. The summed E-state index contributed by atoms with van der Waals surface area (Å²) in [5.74, 6) is -0.631. The van der Waals surface area contributed by atoms with Gasteiger partial charge in [-0.05, 0) is 62.1 Å². The van der Waals surface area contributed by atoms with Gasteiger partial charge in [-0.25, -0.2) is 4.99 Å². The number of aliphatic imine (C=N–C) groups is 2. The molecule has 0 heterocycles. The Morgan fingerprint density at radius 3 is 2.00 bits per heavy atom. The predicted octanol–water partition coefficient (Wildman–Crippen LogP) is 7.25. The van der Waals surface area contributed by atoms with E-state index in [0.29, 0.717) is 0 Å². The SMILES string of the molecule is CC=CC(C=Nc1ccccc1)=Nc1ccccc1.CCCCCc1c(CCC)ccc([O-])c1[O-].[Ni+2]. The number of para-hydroxylation sites is 2. The normalized spacial score (nSPS) is 11.2. The molecule has 4 nitrogen and oxygen atoms in total.